The van der Waals surface area contributed by atoms with Gasteiger partial charge in [0.15, 0.2) is 0 Å². The normalized spacial score (nSPS) is 22.2. The van der Waals surface area contributed by atoms with Gasteiger partial charge in [-0.2, -0.15) is 5.10 Å². The number of nitrogens with zero attached hydrogens (tertiary/aromatic N) is 3. The molecule has 1 aliphatic rings. The summed E-state index contributed by atoms with van der Waals surface area (Å²) in [6.45, 7) is 1.95. The summed E-state index contributed by atoms with van der Waals surface area (Å²) in [5.41, 5.74) is 0. The van der Waals surface area contributed by atoms with E-state index in [0.717, 1.165) is 19.2 Å². The van der Waals surface area contributed by atoms with E-state index >= 15 is 0 Å². The molecule has 1 aliphatic heterocycles. The molecule has 3 nitrogen and oxygen atoms in total. The lowest BCUT2D eigenvalue weighted by Crippen LogP contribution is -2.46. The van der Waals surface area contributed by atoms with Crippen molar-refractivity contribution >= 4 is 6.34 Å². The van der Waals surface area contributed by atoms with Gasteiger partial charge < -0.3 is 0 Å². The van der Waals surface area contributed by atoms with Crippen LogP contribution in [-0.2, 0) is 0 Å². The van der Waals surface area contributed by atoms with Crippen LogP contribution in [0.3, 0.4) is 0 Å². The Hall–Kier alpha value is -0.940. The maximum atomic E-state index is 12.4. The first-order chi connectivity index (χ1) is 6.46. The van der Waals surface area contributed by atoms with Crippen molar-refractivity contribution in [3.63, 3.8) is 0 Å². The van der Waals surface area contributed by atoms with Gasteiger partial charge in [-0.05, 0) is 12.8 Å². The van der Waals surface area contributed by atoms with Gasteiger partial charge in [0, 0.05) is 7.05 Å². The smallest absolute Gasteiger partial charge is 0.276 e. The van der Waals surface area contributed by atoms with Gasteiger partial charge in [-0.25, -0.2) is 0 Å². The molecule has 0 saturated heterocycles. The molecule has 0 amide bonds. The summed E-state index contributed by atoms with van der Waals surface area (Å²) in [6.07, 6.45) is -2.02. The van der Waals surface area contributed by atoms with Gasteiger partial charge >= 0.3 is 6.30 Å². The second-order valence-electron chi connectivity index (χ2n) is 3.30. The average Bonchev–Trinajstić information content (AvgIpc) is 2.42. The zero-order valence-corrected chi connectivity index (χ0v) is 8.25. The van der Waals surface area contributed by atoms with Gasteiger partial charge in [-0.1, -0.05) is 13.3 Å². The molecule has 0 fully saturated rings. The molecule has 0 saturated carbocycles. The molecule has 0 radical (unpaired) electrons. The Morgan fingerprint density at radius 2 is 2.07 bits per heavy atom. The molecule has 1 unspecified atom stereocenters. The summed E-state index contributed by atoms with van der Waals surface area (Å²) in [7, 11) is 1.56. The molecule has 0 aromatic rings. The molecule has 1 rings (SSSR count). The molecule has 0 bridgehead atoms. The van der Waals surface area contributed by atoms with E-state index in [-0.39, 0.29) is 0 Å². The van der Waals surface area contributed by atoms with Crippen LogP contribution in [0.15, 0.2) is 5.10 Å². The van der Waals surface area contributed by atoms with E-state index in [1.807, 2.05) is 6.92 Å². The minimum atomic E-state index is -4.33. The van der Waals surface area contributed by atoms with Gasteiger partial charge in [-0.15, -0.1) is 13.2 Å². The first-order valence-electron chi connectivity index (χ1n) is 4.59. The standard InChI is InChI=1S/C8H14F3N3/c1-3-4-5-7-13(2)12-6-14(7)8(9,10)11/h6-7H,3-5H2,1-2H3. The molecule has 0 aliphatic carbocycles. The minimum absolute atomic E-state index is 0.350. The van der Waals surface area contributed by atoms with Gasteiger partial charge in [-0.3, -0.25) is 9.91 Å². The molecular formula is C8H14F3N3. The molecule has 0 aromatic heterocycles. The summed E-state index contributed by atoms with van der Waals surface area (Å²) in [5.74, 6) is 0. The highest BCUT2D eigenvalue weighted by Crippen LogP contribution is 2.28. The van der Waals surface area contributed by atoms with E-state index in [4.69, 9.17) is 0 Å². The fourth-order valence-corrected chi connectivity index (χ4v) is 1.42. The predicted molar refractivity (Wildman–Crippen MR) is 47.5 cm³/mol. The number of hydrogen-bond donors (Lipinski definition) is 0. The summed E-state index contributed by atoms with van der Waals surface area (Å²) in [6, 6.07) is 0. The molecule has 82 valence electrons. The zero-order valence-electron chi connectivity index (χ0n) is 8.25. The van der Waals surface area contributed by atoms with E-state index < -0.39 is 12.5 Å². The summed E-state index contributed by atoms with van der Waals surface area (Å²) in [5, 5.41) is 4.98. The average molecular weight is 209 g/mol. The van der Waals surface area contributed by atoms with E-state index in [1.165, 1.54) is 5.01 Å². The van der Waals surface area contributed by atoms with E-state index in [0.29, 0.717) is 11.3 Å². The molecule has 6 heteroatoms. The van der Waals surface area contributed by atoms with Crippen LogP contribution in [0, 0.1) is 0 Å². The molecule has 1 heterocycles. The van der Waals surface area contributed by atoms with Gasteiger partial charge in [0.2, 0.25) is 0 Å². The number of unbranched alkanes of at least 4 members (excludes halogenated alkanes) is 1. The molecule has 0 spiro atoms. The van der Waals surface area contributed by atoms with Crippen LogP contribution in [0.1, 0.15) is 26.2 Å². The Balaban J connectivity index is 2.61. The van der Waals surface area contributed by atoms with Crippen molar-refractivity contribution in [2.45, 2.75) is 38.7 Å². The molecule has 14 heavy (non-hydrogen) atoms. The maximum absolute atomic E-state index is 12.4. The van der Waals surface area contributed by atoms with Crippen molar-refractivity contribution in [2.24, 2.45) is 5.10 Å². The van der Waals surface area contributed by atoms with E-state index in [9.17, 15) is 13.2 Å². The third-order valence-electron chi connectivity index (χ3n) is 2.22. The second kappa shape index (κ2) is 4.06. The van der Waals surface area contributed by atoms with Crippen LogP contribution in [0.25, 0.3) is 0 Å². The largest absolute Gasteiger partial charge is 0.487 e. The molecule has 1 atom stereocenters. The minimum Gasteiger partial charge on any atom is -0.276 e. The third-order valence-corrected chi connectivity index (χ3v) is 2.22. The zero-order chi connectivity index (χ0) is 10.8. The number of alkyl halides is 3. The van der Waals surface area contributed by atoms with Crippen LogP contribution < -0.4 is 0 Å². The van der Waals surface area contributed by atoms with Crippen molar-refractivity contribution in [1.82, 2.24) is 9.91 Å². The van der Waals surface area contributed by atoms with Gasteiger partial charge in [0.25, 0.3) is 0 Å². The third kappa shape index (κ3) is 2.30. The Morgan fingerprint density at radius 1 is 1.43 bits per heavy atom. The molecule has 0 aromatic carbocycles. The number of halogens is 3. The molecule has 0 N–H and O–H groups in total. The van der Waals surface area contributed by atoms with Crippen molar-refractivity contribution in [2.75, 3.05) is 7.05 Å². The number of rotatable bonds is 3. The van der Waals surface area contributed by atoms with Crippen molar-refractivity contribution in [3.05, 3.63) is 0 Å². The highest BCUT2D eigenvalue weighted by molar-refractivity contribution is 5.57. The van der Waals surface area contributed by atoms with E-state index in [1.54, 1.807) is 7.05 Å². The summed E-state index contributed by atoms with van der Waals surface area (Å²) >= 11 is 0. The molecular weight excluding hydrogens is 195 g/mol. The Labute approximate surface area is 81.2 Å². The lowest BCUT2D eigenvalue weighted by Gasteiger charge is -2.29. The SMILES string of the molecule is CCCCC1N(C)N=CN1C(F)(F)F. The maximum Gasteiger partial charge on any atom is 0.487 e. The second-order valence-corrected chi connectivity index (χ2v) is 3.30. The van der Waals surface area contributed by atoms with Crippen molar-refractivity contribution < 1.29 is 13.2 Å². The van der Waals surface area contributed by atoms with Gasteiger partial charge in [0.1, 0.15) is 12.5 Å². The van der Waals surface area contributed by atoms with Crippen LogP contribution in [0.4, 0.5) is 13.2 Å². The predicted octanol–water partition coefficient (Wildman–Crippen LogP) is 2.21. The van der Waals surface area contributed by atoms with Crippen LogP contribution in [-0.4, -0.2) is 35.8 Å². The van der Waals surface area contributed by atoms with Crippen molar-refractivity contribution in [3.8, 4) is 0 Å². The number of hydrazone groups is 1. The lowest BCUT2D eigenvalue weighted by molar-refractivity contribution is -0.234. The Kier molecular flexibility index (Phi) is 3.23. The first-order valence-corrected chi connectivity index (χ1v) is 4.59. The number of hydrogen-bond acceptors (Lipinski definition) is 3. The lowest BCUT2D eigenvalue weighted by atomic mass is 10.2. The summed E-state index contributed by atoms with van der Waals surface area (Å²) < 4.78 is 37.3. The monoisotopic (exact) mass is 209 g/mol. The van der Waals surface area contributed by atoms with Crippen LogP contribution >= 0.6 is 0 Å². The Morgan fingerprint density at radius 3 is 2.57 bits per heavy atom. The Bertz CT molecular complexity index is 214. The highest BCUT2D eigenvalue weighted by atomic mass is 19.4. The topological polar surface area (TPSA) is 18.8 Å². The fraction of sp³-hybridized carbons (Fsp3) is 0.875. The van der Waals surface area contributed by atoms with Crippen LogP contribution in [0.5, 0.6) is 0 Å². The fourth-order valence-electron chi connectivity index (χ4n) is 1.42. The van der Waals surface area contributed by atoms with Gasteiger partial charge in [0.05, 0.1) is 0 Å². The quantitative estimate of drug-likeness (QED) is 0.663. The summed E-state index contributed by atoms with van der Waals surface area (Å²) in [4.78, 5) is 0.350. The first kappa shape index (κ1) is 11.1. The van der Waals surface area contributed by atoms with Crippen molar-refractivity contribution in [1.29, 1.82) is 0 Å². The van der Waals surface area contributed by atoms with E-state index in [2.05, 4.69) is 5.10 Å². The van der Waals surface area contributed by atoms with Crippen LogP contribution in [0.2, 0.25) is 0 Å². The highest BCUT2D eigenvalue weighted by Gasteiger charge is 2.44.